The molecule has 4 rings (SSSR count). The maximum absolute atomic E-state index is 13.7. The molecule has 0 unspecified atom stereocenters. The second-order valence-corrected chi connectivity index (χ2v) is 8.01. The van der Waals surface area contributed by atoms with Crippen LogP contribution in [0.25, 0.3) is 0 Å². The van der Waals surface area contributed by atoms with Crippen molar-refractivity contribution < 1.29 is 18.7 Å². The zero-order valence-electron chi connectivity index (χ0n) is 18.8. The van der Waals surface area contributed by atoms with Gasteiger partial charge in [-0.3, -0.25) is 9.69 Å². The summed E-state index contributed by atoms with van der Waals surface area (Å²) in [4.78, 5) is 14.6. The Hall–Kier alpha value is -3.46. The quantitative estimate of drug-likeness (QED) is 0.565. The number of methoxy groups -OCH3 is 1. The van der Waals surface area contributed by atoms with E-state index >= 15 is 0 Å². The van der Waals surface area contributed by atoms with Crippen LogP contribution < -0.4 is 14.8 Å². The van der Waals surface area contributed by atoms with Crippen LogP contribution in [0.5, 0.6) is 11.5 Å². The number of hydrogen-bond donors (Lipinski definition) is 1. The number of ether oxygens (including phenoxy) is 2. The lowest BCUT2D eigenvalue weighted by atomic mass is 10.2. The topological polar surface area (TPSA) is 81.5 Å². The summed E-state index contributed by atoms with van der Waals surface area (Å²) < 4.78 is 26.4. The zero-order chi connectivity index (χ0) is 23.2. The average molecular weight is 454 g/mol. The summed E-state index contributed by atoms with van der Waals surface area (Å²) in [6.07, 6.45) is 0.739. The third kappa shape index (κ3) is 5.67. The van der Waals surface area contributed by atoms with E-state index in [9.17, 15) is 9.18 Å². The van der Waals surface area contributed by atoms with Gasteiger partial charge in [-0.05, 0) is 36.8 Å². The molecule has 0 bridgehead atoms. The van der Waals surface area contributed by atoms with Crippen LogP contribution >= 0.6 is 0 Å². The number of para-hydroxylation sites is 1. The fourth-order valence-electron chi connectivity index (χ4n) is 3.94. The molecule has 174 valence electrons. The van der Waals surface area contributed by atoms with E-state index in [0.29, 0.717) is 18.8 Å². The minimum atomic E-state index is -0.363. The largest absolute Gasteiger partial charge is 0.494 e. The Morgan fingerprint density at radius 1 is 1.15 bits per heavy atom. The van der Waals surface area contributed by atoms with Gasteiger partial charge in [-0.15, -0.1) is 10.2 Å². The van der Waals surface area contributed by atoms with Crippen LogP contribution in [0.4, 0.5) is 4.39 Å². The van der Waals surface area contributed by atoms with Crippen molar-refractivity contribution in [1.29, 1.82) is 0 Å². The molecular formula is C24H28FN5O3. The van der Waals surface area contributed by atoms with Crippen LogP contribution in [-0.2, 0) is 24.3 Å². The number of nitrogens with zero attached hydrogens (tertiary/aromatic N) is 4. The molecule has 1 N–H and O–H groups in total. The summed E-state index contributed by atoms with van der Waals surface area (Å²) in [5.74, 6) is 1.94. The maximum atomic E-state index is 13.7. The summed E-state index contributed by atoms with van der Waals surface area (Å²) in [7, 11) is 1.47. The lowest BCUT2D eigenvalue weighted by molar-refractivity contribution is -0.123. The molecule has 0 fully saturated rings. The van der Waals surface area contributed by atoms with Crippen LogP contribution in [0, 0.1) is 5.82 Å². The highest BCUT2D eigenvalue weighted by Gasteiger charge is 2.23. The highest BCUT2D eigenvalue weighted by Crippen LogP contribution is 2.21. The van der Waals surface area contributed by atoms with Crippen molar-refractivity contribution in [2.75, 3.05) is 26.8 Å². The van der Waals surface area contributed by atoms with Crippen molar-refractivity contribution in [2.24, 2.45) is 0 Å². The van der Waals surface area contributed by atoms with Gasteiger partial charge in [0.1, 0.15) is 11.6 Å². The van der Waals surface area contributed by atoms with E-state index in [1.165, 1.54) is 13.2 Å². The van der Waals surface area contributed by atoms with E-state index in [-0.39, 0.29) is 30.1 Å². The van der Waals surface area contributed by atoms with E-state index in [2.05, 4.69) is 25.0 Å². The lowest BCUT2D eigenvalue weighted by Gasteiger charge is -2.20. The van der Waals surface area contributed by atoms with Gasteiger partial charge in [0.2, 0.25) is 0 Å². The zero-order valence-corrected chi connectivity index (χ0v) is 18.8. The molecule has 1 aliphatic heterocycles. The number of fused-ring (bicyclic) bond motifs is 1. The Morgan fingerprint density at radius 2 is 1.97 bits per heavy atom. The van der Waals surface area contributed by atoms with Gasteiger partial charge in [0.05, 0.1) is 13.2 Å². The molecular weight excluding hydrogens is 425 g/mol. The summed E-state index contributed by atoms with van der Waals surface area (Å²) in [6, 6.07) is 13.9. The smallest absolute Gasteiger partial charge is 0.258 e. The molecule has 0 saturated carbocycles. The Morgan fingerprint density at radius 3 is 2.76 bits per heavy atom. The van der Waals surface area contributed by atoms with Gasteiger partial charge in [0.25, 0.3) is 5.91 Å². The van der Waals surface area contributed by atoms with Crippen LogP contribution in [0.15, 0.2) is 48.5 Å². The first kappa shape index (κ1) is 22.7. The Bertz CT molecular complexity index is 1090. The third-order valence-electron chi connectivity index (χ3n) is 5.65. The molecule has 3 aromatic rings. The fraction of sp³-hybridized carbons (Fsp3) is 0.375. The van der Waals surface area contributed by atoms with Gasteiger partial charge in [0, 0.05) is 32.6 Å². The Kier molecular flexibility index (Phi) is 7.19. The van der Waals surface area contributed by atoms with Gasteiger partial charge in [-0.1, -0.05) is 24.3 Å². The number of benzene rings is 2. The SMILES string of the molecule is COc1cc(CN2CCc3nnc([C@H](C)NC(=O)COc4ccccc4)n3CC2)ccc1F. The van der Waals surface area contributed by atoms with E-state index < -0.39 is 0 Å². The fourth-order valence-corrected chi connectivity index (χ4v) is 3.94. The van der Waals surface area contributed by atoms with Gasteiger partial charge in [-0.25, -0.2) is 4.39 Å². The molecule has 8 nitrogen and oxygen atoms in total. The predicted molar refractivity (Wildman–Crippen MR) is 120 cm³/mol. The minimum Gasteiger partial charge on any atom is -0.494 e. The standard InChI is InChI=1S/C24H28FN5O3/c1-17(26-23(31)16-33-19-6-4-3-5-7-19)24-28-27-22-10-11-29(12-13-30(22)24)15-18-8-9-20(25)21(14-18)32-2/h3-9,14,17H,10-13,15-16H2,1-2H3,(H,26,31)/t17-/m0/s1. The van der Waals surface area contributed by atoms with Crippen molar-refractivity contribution in [3.63, 3.8) is 0 Å². The molecule has 1 atom stereocenters. The van der Waals surface area contributed by atoms with Crippen molar-refractivity contribution >= 4 is 5.91 Å². The van der Waals surface area contributed by atoms with Crippen LogP contribution in [0.2, 0.25) is 0 Å². The first-order valence-electron chi connectivity index (χ1n) is 11.0. The van der Waals surface area contributed by atoms with Crippen LogP contribution in [0.3, 0.4) is 0 Å². The third-order valence-corrected chi connectivity index (χ3v) is 5.65. The Labute approximate surface area is 192 Å². The lowest BCUT2D eigenvalue weighted by Crippen LogP contribution is -2.33. The number of amides is 1. The number of rotatable bonds is 8. The highest BCUT2D eigenvalue weighted by molar-refractivity contribution is 5.77. The van der Waals surface area contributed by atoms with Gasteiger partial charge in [-0.2, -0.15) is 0 Å². The number of carbonyl (C=O) groups excluding carboxylic acids is 1. The van der Waals surface area contributed by atoms with E-state index in [4.69, 9.17) is 9.47 Å². The highest BCUT2D eigenvalue weighted by atomic mass is 19.1. The molecule has 33 heavy (non-hydrogen) atoms. The second kappa shape index (κ2) is 10.4. The van der Waals surface area contributed by atoms with Crippen molar-refractivity contribution in [2.45, 2.75) is 32.5 Å². The molecule has 2 heterocycles. The van der Waals surface area contributed by atoms with Gasteiger partial charge < -0.3 is 19.4 Å². The van der Waals surface area contributed by atoms with Crippen molar-refractivity contribution in [3.05, 3.63) is 71.6 Å². The van der Waals surface area contributed by atoms with Crippen molar-refractivity contribution in [1.82, 2.24) is 25.0 Å². The summed E-state index contributed by atoms with van der Waals surface area (Å²) in [5, 5.41) is 11.6. The molecule has 1 aromatic heterocycles. The van der Waals surface area contributed by atoms with Gasteiger partial charge in [0.15, 0.2) is 24.0 Å². The van der Waals surface area contributed by atoms with Crippen LogP contribution in [-0.4, -0.2) is 52.4 Å². The van der Waals surface area contributed by atoms with Gasteiger partial charge >= 0.3 is 0 Å². The van der Waals surface area contributed by atoms with Crippen LogP contribution in [0.1, 0.15) is 30.2 Å². The molecule has 2 aromatic carbocycles. The number of halogens is 1. The number of carbonyl (C=O) groups is 1. The molecule has 1 aliphatic rings. The number of aromatic nitrogens is 3. The van der Waals surface area contributed by atoms with E-state index in [1.807, 2.05) is 37.3 Å². The monoisotopic (exact) mass is 453 g/mol. The molecule has 9 heteroatoms. The average Bonchev–Trinajstić information content (AvgIpc) is 3.14. The van der Waals surface area contributed by atoms with Crippen molar-refractivity contribution in [3.8, 4) is 11.5 Å². The molecule has 0 saturated heterocycles. The molecule has 1 amide bonds. The molecule has 0 spiro atoms. The first-order chi connectivity index (χ1) is 16.0. The molecule has 0 aliphatic carbocycles. The number of nitrogens with one attached hydrogen (secondary N) is 1. The normalized spacial score (nSPS) is 14.8. The minimum absolute atomic E-state index is 0.0652. The summed E-state index contributed by atoms with van der Waals surface area (Å²) in [5.41, 5.74) is 0.991. The second-order valence-electron chi connectivity index (χ2n) is 8.01. The summed E-state index contributed by atoms with van der Waals surface area (Å²) >= 11 is 0. The van der Waals surface area contributed by atoms with E-state index in [0.717, 1.165) is 36.7 Å². The maximum Gasteiger partial charge on any atom is 0.258 e. The summed E-state index contributed by atoms with van der Waals surface area (Å²) in [6.45, 7) is 4.82. The number of hydrogen-bond acceptors (Lipinski definition) is 6. The molecule has 0 radical (unpaired) electrons. The van der Waals surface area contributed by atoms with E-state index in [1.54, 1.807) is 12.1 Å². The predicted octanol–water partition coefficient (Wildman–Crippen LogP) is 2.74. The first-order valence-corrected chi connectivity index (χ1v) is 11.0. The Balaban J connectivity index is 1.34.